The summed E-state index contributed by atoms with van der Waals surface area (Å²) in [5, 5.41) is 6.90. The second-order valence-electron chi connectivity index (χ2n) is 6.26. The number of hydrogen-bond acceptors (Lipinski definition) is 3. The average Bonchev–Trinajstić information content (AvgIpc) is 2.99. The summed E-state index contributed by atoms with van der Waals surface area (Å²) in [6, 6.07) is 0.402. The molecule has 2 rings (SSSR count). The average molecular weight is 282 g/mol. The summed E-state index contributed by atoms with van der Waals surface area (Å²) in [4.78, 5) is 6.99. The first-order chi connectivity index (χ1) is 9.66. The van der Waals surface area contributed by atoms with Crippen LogP contribution in [0.5, 0.6) is 0 Å². The molecular weight excluding hydrogens is 252 g/mol. The summed E-state index contributed by atoms with van der Waals surface area (Å²) < 4.78 is 5.58. The Kier molecular flexibility index (Phi) is 5.66. The van der Waals surface area contributed by atoms with Crippen LogP contribution in [-0.2, 0) is 4.74 Å². The van der Waals surface area contributed by atoms with Gasteiger partial charge in [0.2, 0.25) is 0 Å². The Morgan fingerprint density at radius 2 is 1.90 bits per heavy atom. The summed E-state index contributed by atoms with van der Waals surface area (Å²) in [5.41, 5.74) is 0.253. The van der Waals surface area contributed by atoms with Crippen molar-refractivity contribution >= 4 is 5.96 Å². The molecular formula is C15H30N4O. The highest BCUT2D eigenvalue weighted by molar-refractivity contribution is 5.79. The van der Waals surface area contributed by atoms with Gasteiger partial charge in [0.15, 0.2) is 5.96 Å². The SMILES string of the molecule is CN=C(NCC1(N2CCCC2)CCOCC1)NC(C)C. The number of nitrogens with zero attached hydrogens (tertiary/aromatic N) is 2. The molecule has 2 aliphatic rings. The highest BCUT2D eigenvalue weighted by Crippen LogP contribution is 2.30. The van der Waals surface area contributed by atoms with Crippen LogP contribution < -0.4 is 10.6 Å². The number of hydrogen-bond donors (Lipinski definition) is 2. The van der Waals surface area contributed by atoms with Gasteiger partial charge in [-0.2, -0.15) is 0 Å². The van der Waals surface area contributed by atoms with Gasteiger partial charge in [-0.05, 0) is 52.6 Å². The molecule has 5 nitrogen and oxygen atoms in total. The standard InChI is InChI=1S/C15H30N4O/c1-13(2)18-14(16-3)17-12-15(6-10-20-11-7-15)19-8-4-5-9-19/h13H,4-12H2,1-3H3,(H2,16,17,18). The van der Waals surface area contributed by atoms with E-state index < -0.39 is 0 Å². The first-order valence-corrected chi connectivity index (χ1v) is 7.96. The van der Waals surface area contributed by atoms with Crippen molar-refractivity contribution < 1.29 is 4.74 Å². The summed E-state index contributed by atoms with van der Waals surface area (Å²) in [6.07, 6.45) is 4.92. The van der Waals surface area contributed by atoms with E-state index in [0.717, 1.165) is 38.6 Å². The van der Waals surface area contributed by atoms with Gasteiger partial charge in [0.25, 0.3) is 0 Å². The van der Waals surface area contributed by atoms with Crippen molar-refractivity contribution in [1.82, 2.24) is 15.5 Å². The van der Waals surface area contributed by atoms with Crippen LogP contribution in [0, 0.1) is 0 Å². The number of rotatable bonds is 4. The maximum atomic E-state index is 5.58. The van der Waals surface area contributed by atoms with Crippen LogP contribution in [0.15, 0.2) is 4.99 Å². The van der Waals surface area contributed by atoms with Crippen LogP contribution in [0.25, 0.3) is 0 Å². The topological polar surface area (TPSA) is 48.9 Å². The molecule has 2 heterocycles. The Balaban J connectivity index is 1.97. The molecule has 0 aliphatic carbocycles. The molecule has 0 spiro atoms. The van der Waals surface area contributed by atoms with Crippen LogP contribution in [0.1, 0.15) is 39.5 Å². The van der Waals surface area contributed by atoms with Crippen LogP contribution in [0.3, 0.4) is 0 Å². The molecule has 0 unspecified atom stereocenters. The number of guanidine groups is 1. The third kappa shape index (κ3) is 3.85. The van der Waals surface area contributed by atoms with E-state index in [2.05, 4.69) is 34.4 Å². The highest BCUT2D eigenvalue weighted by atomic mass is 16.5. The van der Waals surface area contributed by atoms with Crippen LogP contribution in [0.4, 0.5) is 0 Å². The van der Waals surface area contributed by atoms with Crippen molar-refractivity contribution in [2.24, 2.45) is 4.99 Å². The molecule has 0 aromatic rings. The fourth-order valence-corrected chi connectivity index (χ4v) is 3.26. The molecule has 0 amide bonds. The zero-order valence-corrected chi connectivity index (χ0v) is 13.2. The number of nitrogens with one attached hydrogen (secondary N) is 2. The van der Waals surface area contributed by atoms with Crippen molar-refractivity contribution in [1.29, 1.82) is 0 Å². The maximum absolute atomic E-state index is 5.58. The van der Waals surface area contributed by atoms with E-state index in [4.69, 9.17) is 4.74 Å². The monoisotopic (exact) mass is 282 g/mol. The van der Waals surface area contributed by atoms with Crippen molar-refractivity contribution in [3.05, 3.63) is 0 Å². The molecule has 0 aromatic carbocycles. The van der Waals surface area contributed by atoms with Gasteiger partial charge >= 0.3 is 0 Å². The van der Waals surface area contributed by atoms with Gasteiger partial charge in [-0.15, -0.1) is 0 Å². The maximum Gasteiger partial charge on any atom is 0.191 e. The van der Waals surface area contributed by atoms with Gasteiger partial charge < -0.3 is 15.4 Å². The van der Waals surface area contributed by atoms with Crippen LogP contribution >= 0.6 is 0 Å². The third-order valence-electron chi connectivity index (χ3n) is 4.43. The van der Waals surface area contributed by atoms with Crippen LogP contribution in [0.2, 0.25) is 0 Å². The molecule has 20 heavy (non-hydrogen) atoms. The molecule has 0 aromatic heterocycles. The zero-order chi connectivity index (χ0) is 14.4. The highest BCUT2D eigenvalue weighted by Gasteiger charge is 2.39. The molecule has 0 saturated carbocycles. The fraction of sp³-hybridized carbons (Fsp3) is 0.933. The molecule has 5 heteroatoms. The van der Waals surface area contributed by atoms with Crippen molar-refractivity contribution in [2.75, 3.05) is 39.9 Å². The lowest BCUT2D eigenvalue weighted by molar-refractivity contribution is -0.0164. The molecule has 2 saturated heterocycles. The second-order valence-corrected chi connectivity index (χ2v) is 6.26. The minimum absolute atomic E-state index is 0.253. The fourth-order valence-electron chi connectivity index (χ4n) is 3.26. The van der Waals surface area contributed by atoms with E-state index >= 15 is 0 Å². The first-order valence-electron chi connectivity index (χ1n) is 7.96. The van der Waals surface area contributed by atoms with Gasteiger partial charge in [0, 0.05) is 38.4 Å². The smallest absolute Gasteiger partial charge is 0.191 e. The number of aliphatic imine (C=N–C) groups is 1. The van der Waals surface area contributed by atoms with Gasteiger partial charge in [-0.1, -0.05) is 0 Å². The van der Waals surface area contributed by atoms with E-state index in [-0.39, 0.29) is 5.54 Å². The largest absolute Gasteiger partial charge is 0.381 e. The van der Waals surface area contributed by atoms with E-state index in [0.29, 0.717) is 6.04 Å². The Bertz CT molecular complexity index is 318. The summed E-state index contributed by atoms with van der Waals surface area (Å²) in [6.45, 7) is 9.47. The van der Waals surface area contributed by atoms with Crippen molar-refractivity contribution in [2.45, 2.75) is 51.1 Å². The Morgan fingerprint density at radius 3 is 2.45 bits per heavy atom. The molecule has 0 radical (unpaired) electrons. The Hall–Kier alpha value is -0.810. The van der Waals surface area contributed by atoms with E-state index in [1.807, 2.05) is 7.05 Å². The predicted molar refractivity (Wildman–Crippen MR) is 83.2 cm³/mol. The van der Waals surface area contributed by atoms with Gasteiger partial charge in [-0.25, -0.2) is 0 Å². The number of likely N-dealkylation sites (tertiary alicyclic amines) is 1. The van der Waals surface area contributed by atoms with Crippen molar-refractivity contribution in [3.63, 3.8) is 0 Å². The van der Waals surface area contributed by atoms with Crippen LogP contribution in [-0.4, -0.2) is 62.3 Å². The summed E-state index contributed by atoms with van der Waals surface area (Å²) in [5.74, 6) is 0.907. The van der Waals surface area contributed by atoms with Gasteiger partial charge in [-0.3, -0.25) is 9.89 Å². The second kappa shape index (κ2) is 7.27. The van der Waals surface area contributed by atoms with Gasteiger partial charge in [0.1, 0.15) is 0 Å². The normalized spacial score (nSPS) is 24.1. The minimum atomic E-state index is 0.253. The zero-order valence-electron chi connectivity index (χ0n) is 13.2. The molecule has 2 aliphatic heterocycles. The summed E-state index contributed by atoms with van der Waals surface area (Å²) >= 11 is 0. The quantitative estimate of drug-likeness (QED) is 0.601. The lowest BCUT2D eigenvalue weighted by Gasteiger charge is -2.45. The first kappa shape index (κ1) is 15.6. The van der Waals surface area contributed by atoms with Crippen molar-refractivity contribution in [3.8, 4) is 0 Å². The molecule has 0 atom stereocenters. The Morgan fingerprint density at radius 1 is 1.25 bits per heavy atom. The lowest BCUT2D eigenvalue weighted by Crippen LogP contribution is -2.59. The van der Waals surface area contributed by atoms with E-state index in [1.54, 1.807) is 0 Å². The minimum Gasteiger partial charge on any atom is -0.381 e. The molecule has 2 N–H and O–H groups in total. The van der Waals surface area contributed by atoms with Gasteiger partial charge in [0.05, 0.1) is 0 Å². The molecule has 116 valence electrons. The third-order valence-corrected chi connectivity index (χ3v) is 4.43. The lowest BCUT2D eigenvalue weighted by atomic mass is 9.88. The number of ether oxygens (including phenoxy) is 1. The predicted octanol–water partition coefficient (Wildman–Crippen LogP) is 1.20. The van der Waals surface area contributed by atoms with E-state index in [1.165, 1.54) is 25.9 Å². The van der Waals surface area contributed by atoms with E-state index in [9.17, 15) is 0 Å². The summed E-state index contributed by atoms with van der Waals surface area (Å²) in [7, 11) is 1.84. The Labute approximate surface area is 123 Å². The molecule has 0 bridgehead atoms. The molecule has 2 fully saturated rings.